The van der Waals surface area contributed by atoms with Gasteiger partial charge >= 0.3 is 0 Å². The van der Waals surface area contributed by atoms with Gasteiger partial charge in [0, 0.05) is 0 Å². The van der Waals surface area contributed by atoms with Crippen molar-refractivity contribution < 1.29 is 5.11 Å². The summed E-state index contributed by atoms with van der Waals surface area (Å²) in [5.74, 6) is 0.498. The Morgan fingerprint density at radius 3 is 2.20 bits per heavy atom. The molecule has 0 fully saturated rings. The van der Waals surface area contributed by atoms with Gasteiger partial charge in [-0.1, -0.05) is 13.8 Å². The largest absolute Gasteiger partial charge is 0.508 e. The molecule has 0 atom stereocenters. The van der Waals surface area contributed by atoms with Gasteiger partial charge in [-0.3, -0.25) is 0 Å². The summed E-state index contributed by atoms with van der Waals surface area (Å²) in [5, 5.41) is 26.7. The SMILES string of the molecule is CC(C)c1cc(N=Nc2ccc(C#N)cc2)ccc1O. The van der Waals surface area contributed by atoms with Crippen LogP contribution in [0.5, 0.6) is 5.75 Å². The molecule has 0 bridgehead atoms. The van der Waals surface area contributed by atoms with E-state index < -0.39 is 0 Å². The third kappa shape index (κ3) is 3.21. The van der Waals surface area contributed by atoms with Gasteiger partial charge in [0.25, 0.3) is 0 Å². The molecule has 0 saturated heterocycles. The highest BCUT2D eigenvalue weighted by molar-refractivity contribution is 5.48. The van der Waals surface area contributed by atoms with Gasteiger partial charge in [-0.05, 0) is 53.9 Å². The highest BCUT2D eigenvalue weighted by atomic mass is 16.3. The number of azo groups is 1. The summed E-state index contributed by atoms with van der Waals surface area (Å²) < 4.78 is 0. The van der Waals surface area contributed by atoms with Crippen molar-refractivity contribution in [1.29, 1.82) is 5.26 Å². The van der Waals surface area contributed by atoms with Gasteiger partial charge in [-0.25, -0.2) is 0 Å². The lowest BCUT2D eigenvalue weighted by Gasteiger charge is -2.08. The molecule has 0 aliphatic heterocycles. The lowest BCUT2D eigenvalue weighted by Crippen LogP contribution is -1.86. The van der Waals surface area contributed by atoms with E-state index in [-0.39, 0.29) is 11.7 Å². The molecule has 4 nitrogen and oxygen atoms in total. The first kappa shape index (κ1) is 13.8. The van der Waals surface area contributed by atoms with Gasteiger partial charge in [0.2, 0.25) is 0 Å². The topological polar surface area (TPSA) is 68.7 Å². The Hall–Kier alpha value is -2.67. The minimum atomic E-state index is 0.222. The maximum atomic E-state index is 9.75. The third-order valence-corrected chi connectivity index (χ3v) is 2.91. The van der Waals surface area contributed by atoms with E-state index >= 15 is 0 Å². The van der Waals surface area contributed by atoms with Crippen molar-refractivity contribution in [3.05, 3.63) is 53.6 Å². The van der Waals surface area contributed by atoms with Crippen LogP contribution in [0.1, 0.15) is 30.9 Å². The second-order valence-corrected chi connectivity index (χ2v) is 4.76. The summed E-state index contributed by atoms with van der Waals surface area (Å²) in [4.78, 5) is 0. The first-order chi connectivity index (χ1) is 9.60. The van der Waals surface area contributed by atoms with Crippen molar-refractivity contribution in [1.82, 2.24) is 0 Å². The smallest absolute Gasteiger partial charge is 0.119 e. The molecule has 2 rings (SSSR count). The molecule has 0 spiro atoms. The number of rotatable bonds is 3. The van der Waals surface area contributed by atoms with E-state index in [9.17, 15) is 5.11 Å². The molecule has 0 saturated carbocycles. The van der Waals surface area contributed by atoms with Gasteiger partial charge in [0.1, 0.15) is 5.75 Å². The van der Waals surface area contributed by atoms with Crippen LogP contribution in [0.2, 0.25) is 0 Å². The van der Waals surface area contributed by atoms with Crippen molar-refractivity contribution in [3.8, 4) is 11.8 Å². The zero-order valence-electron chi connectivity index (χ0n) is 11.4. The standard InChI is InChI=1S/C16H15N3O/c1-11(2)15-9-14(7-8-16(15)20)19-18-13-5-3-12(10-17)4-6-13/h3-9,11,20H,1-2H3. The van der Waals surface area contributed by atoms with Crippen LogP contribution >= 0.6 is 0 Å². The Balaban J connectivity index is 2.22. The monoisotopic (exact) mass is 265 g/mol. The van der Waals surface area contributed by atoms with Crippen LogP contribution in [0.25, 0.3) is 0 Å². The van der Waals surface area contributed by atoms with E-state index in [1.807, 2.05) is 19.9 Å². The fourth-order valence-electron chi connectivity index (χ4n) is 1.78. The molecule has 0 amide bonds. The van der Waals surface area contributed by atoms with Crippen LogP contribution in [-0.4, -0.2) is 5.11 Å². The maximum absolute atomic E-state index is 9.75. The van der Waals surface area contributed by atoms with Crippen LogP contribution in [0.15, 0.2) is 52.7 Å². The van der Waals surface area contributed by atoms with Crippen molar-refractivity contribution in [2.45, 2.75) is 19.8 Å². The first-order valence-electron chi connectivity index (χ1n) is 6.35. The summed E-state index contributed by atoms with van der Waals surface area (Å²) >= 11 is 0. The van der Waals surface area contributed by atoms with E-state index in [2.05, 4.69) is 16.3 Å². The lowest BCUT2D eigenvalue weighted by molar-refractivity contribution is 0.465. The molecule has 0 aliphatic carbocycles. The van der Waals surface area contributed by atoms with E-state index in [1.165, 1.54) is 0 Å². The Labute approximate surface area is 118 Å². The van der Waals surface area contributed by atoms with Crippen molar-refractivity contribution in [3.63, 3.8) is 0 Å². The first-order valence-corrected chi connectivity index (χ1v) is 6.35. The molecule has 0 radical (unpaired) electrons. The zero-order chi connectivity index (χ0) is 14.5. The molecule has 2 aromatic carbocycles. The Morgan fingerprint density at radius 1 is 1.00 bits per heavy atom. The number of nitrogens with zero attached hydrogens (tertiary/aromatic N) is 3. The van der Waals surface area contributed by atoms with E-state index in [4.69, 9.17) is 5.26 Å². The predicted molar refractivity (Wildman–Crippen MR) is 77.5 cm³/mol. The van der Waals surface area contributed by atoms with Gasteiger partial charge in [0.15, 0.2) is 0 Å². The molecule has 2 aromatic rings. The number of hydrogen-bond acceptors (Lipinski definition) is 4. The molecule has 0 aliphatic rings. The van der Waals surface area contributed by atoms with Crippen LogP contribution in [0.3, 0.4) is 0 Å². The molecule has 20 heavy (non-hydrogen) atoms. The average Bonchev–Trinajstić information content (AvgIpc) is 2.46. The highest BCUT2D eigenvalue weighted by Gasteiger charge is 2.06. The number of hydrogen-bond donors (Lipinski definition) is 1. The molecular weight excluding hydrogens is 250 g/mol. The number of phenols is 1. The Kier molecular flexibility index (Phi) is 4.11. The van der Waals surface area contributed by atoms with Crippen molar-refractivity contribution in [2.75, 3.05) is 0 Å². The molecule has 0 unspecified atom stereocenters. The lowest BCUT2D eigenvalue weighted by atomic mass is 10.0. The summed E-state index contributed by atoms with van der Waals surface area (Å²) in [7, 11) is 0. The average molecular weight is 265 g/mol. The minimum absolute atomic E-state index is 0.222. The van der Waals surface area contributed by atoms with Gasteiger partial charge < -0.3 is 5.11 Å². The molecule has 1 N–H and O–H groups in total. The van der Waals surface area contributed by atoms with E-state index in [0.717, 1.165) is 5.56 Å². The van der Waals surface area contributed by atoms with Crippen LogP contribution in [-0.2, 0) is 0 Å². The number of aromatic hydroxyl groups is 1. The Morgan fingerprint density at radius 2 is 1.60 bits per heavy atom. The van der Waals surface area contributed by atoms with E-state index in [1.54, 1.807) is 36.4 Å². The van der Waals surface area contributed by atoms with Crippen molar-refractivity contribution in [2.24, 2.45) is 10.2 Å². The second-order valence-electron chi connectivity index (χ2n) is 4.76. The van der Waals surface area contributed by atoms with E-state index in [0.29, 0.717) is 16.9 Å². The zero-order valence-corrected chi connectivity index (χ0v) is 11.4. The number of nitriles is 1. The minimum Gasteiger partial charge on any atom is -0.508 e. The number of benzene rings is 2. The summed E-state index contributed by atoms with van der Waals surface area (Å²) in [6, 6.07) is 14.1. The molecule has 0 heterocycles. The predicted octanol–water partition coefficient (Wildman–Crippen LogP) is 4.80. The van der Waals surface area contributed by atoms with Gasteiger partial charge in [-0.15, -0.1) is 0 Å². The van der Waals surface area contributed by atoms with Crippen LogP contribution in [0, 0.1) is 11.3 Å². The van der Waals surface area contributed by atoms with Gasteiger partial charge in [0.05, 0.1) is 23.0 Å². The highest BCUT2D eigenvalue weighted by Crippen LogP contribution is 2.30. The Bertz CT molecular complexity index is 667. The molecule has 100 valence electrons. The fraction of sp³-hybridized carbons (Fsp3) is 0.188. The molecule has 0 aromatic heterocycles. The maximum Gasteiger partial charge on any atom is 0.119 e. The van der Waals surface area contributed by atoms with Crippen LogP contribution in [0.4, 0.5) is 11.4 Å². The van der Waals surface area contributed by atoms with Crippen molar-refractivity contribution >= 4 is 11.4 Å². The third-order valence-electron chi connectivity index (χ3n) is 2.91. The fourth-order valence-corrected chi connectivity index (χ4v) is 1.78. The summed E-state index contributed by atoms with van der Waals surface area (Å²) in [6.07, 6.45) is 0. The molecule has 4 heteroatoms. The van der Waals surface area contributed by atoms with Crippen LogP contribution < -0.4 is 0 Å². The second kappa shape index (κ2) is 5.98. The quantitative estimate of drug-likeness (QED) is 0.809. The van der Waals surface area contributed by atoms with Gasteiger partial charge in [-0.2, -0.15) is 15.5 Å². The number of phenolic OH excluding ortho intramolecular Hbond substituents is 1. The normalized spacial score (nSPS) is 10.9. The summed E-state index contributed by atoms with van der Waals surface area (Å²) in [6.45, 7) is 4.02. The summed E-state index contributed by atoms with van der Waals surface area (Å²) in [5.41, 5.74) is 2.82. The molecular formula is C16H15N3O.